The molecule has 0 unspecified atom stereocenters. The van der Waals surface area contributed by atoms with Gasteiger partial charge in [0.1, 0.15) is 0 Å². The molecule has 0 aromatic heterocycles. The zero-order chi connectivity index (χ0) is 8.97. The first-order valence-electron chi connectivity index (χ1n) is 4.07. The minimum absolute atomic E-state index is 0.226. The van der Waals surface area contributed by atoms with Crippen molar-refractivity contribution >= 4 is 28.2 Å². The lowest BCUT2D eigenvalue weighted by molar-refractivity contribution is -0.0133. The molecule has 0 amide bonds. The van der Waals surface area contributed by atoms with Crippen LogP contribution in [0.5, 0.6) is 0 Å². The fourth-order valence-electron chi connectivity index (χ4n) is 0.858. The molecular weight excluding hydrogens is 192 g/mol. The van der Waals surface area contributed by atoms with Crippen LogP contribution in [0.4, 0.5) is 0 Å². The van der Waals surface area contributed by atoms with Gasteiger partial charge in [-0.2, -0.15) is 0 Å². The molecule has 0 N–H and O–H groups in total. The molecule has 0 aliphatic carbocycles. The second kappa shape index (κ2) is 5.17. The minimum Gasteiger partial charge on any atom is -0.376 e. The Morgan fingerprint density at radius 1 is 1.75 bits per heavy atom. The second-order valence-corrected chi connectivity index (χ2v) is 4.86. The molecular formula is C8H14O2S2. The average molecular weight is 206 g/mol. The van der Waals surface area contributed by atoms with Crippen molar-refractivity contribution in [2.24, 2.45) is 0 Å². The molecule has 0 spiro atoms. The van der Waals surface area contributed by atoms with Gasteiger partial charge in [-0.3, -0.25) is 0 Å². The summed E-state index contributed by atoms with van der Waals surface area (Å²) < 4.78 is 11.8. The lowest BCUT2D eigenvalue weighted by atomic mass is 10.4. The van der Waals surface area contributed by atoms with Gasteiger partial charge in [0.05, 0.1) is 29.6 Å². The number of ether oxygens (including phenoxy) is 2. The summed E-state index contributed by atoms with van der Waals surface area (Å²) in [7, 11) is 0. The first kappa shape index (κ1) is 10.4. The summed E-state index contributed by atoms with van der Waals surface area (Å²) in [5.74, 6) is 0.936. The molecule has 70 valence electrons. The Kier molecular flexibility index (Phi) is 4.50. The summed E-state index contributed by atoms with van der Waals surface area (Å²) in [6.45, 7) is 5.35. The summed E-state index contributed by atoms with van der Waals surface area (Å²) in [6, 6.07) is 0. The van der Waals surface area contributed by atoms with Crippen LogP contribution in [0.25, 0.3) is 0 Å². The Labute approximate surface area is 83.0 Å². The predicted octanol–water partition coefficient (Wildman–Crippen LogP) is 1.87. The van der Waals surface area contributed by atoms with Gasteiger partial charge in [0.25, 0.3) is 0 Å². The van der Waals surface area contributed by atoms with Gasteiger partial charge in [-0.15, -0.1) is 11.8 Å². The molecule has 0 saturated carbocycles. The number of thioether (sulfide) groups is 1. The minimum atomic E-state index is 0.226. The smallest absolute Gasteiger partial charge is 0.0907 e. The third-order valence-electron chi connectivity index (χ3n) is 1.48. The average Bonchev–Trinajstić information content (AvgIpc) is 2.03. The van der Waals surface area contributed by atoms with E-state index in [9.17, 15) is 0 Å². The molecule has 1 aliphatic heterocycles. The molecule has 1 aliphatic rings. The maximum absolute atomic E-state index is 5.45. The molecule has 0 aromatic carbocycles. The summed E-state index contributed by atoms with van der Waals surface area (Å²) in [6.07, 6.45) is 0.511. The topological polar surface area (TPSA) is 18.5 Å². The molecule has 1 atom stereocenters. The van der Waals surface area contributed by atoms with Crippen molar-refractivity contribution in [1.29, 1.82) is 0 Å². The largest absolute Gasteiger partial charge is 0.376 e. The van der Waals surface area contributed by atoms with Crippen LogP contribution < -0.4 is 0 Å². The maximum atomic E-state index is 5.45. The number of hydrogen-bond donors (Lipinski definition) is 0. The maximum Gasteiger partial charge on any atom is 0.0907 e. The SMILES string of the molecule is CC(C)OC[C@H]1CSC(=S)CO1. The van der Waals surface area contributed by atoms with Gasteiger partial charge in [-0.1, -0.05) is 12.2 Å². The van der Waals surface area contributed by atoms with Crippen molar-refractivity contribution in [3.63, 3.8) is 0 Å². The molecule has 12 heavy (non-hydrogen) atoms. The first-order chi connectivity index (χ1) is 5.68. The first-order valence-corrected chi connectivity index (χ1v) is 5.46. The van der Waals surface area contributed by atoms with E-state index in [1.54, 1.807) is 11.8 Å². The van der Waals surface area contributed by atoms with Gasteiger partial charge in [-0.25, -0.2) is 0 Å². The zero-order valence-electron chi connectivity index (χ0n) is 7.41. The summed E-state index contributed by atoms with van der Waals surface area (Å²) in [5, 5.41) is 0. The number of thiocarbonyl (C=S) groups is 1. The van der Waals surface area contributed by atoms with Crippen molar-refractivity contribution in [3.05, 3.63) is 0 Å². The van der Waals surface area contributed by atoms with E-state index in [1.807, 2.05) is 13.8 Å². The van der Waals surface area contributed by atoms with Crippen LogP contribution in [-0.4, -0.2) is 35.4 Å². The van der Waals surface area contributed by atoms with Crippen molar-refractivity contribution < 1.29 is 9.47 Å². The standard InChI is InChI=1S/C8H14O2S2/c1-6(2)9-3-7-5-12-8(11)4-10-7/h6-7H,3-5H2,1-2H3/t7-/m0/s1. The highest BCUT2D eigenvalue weighted by molar-refractivity contribution is 8.23. The number of rotatable bonds is 3. The van der Waals surface area contributed by atoms with E-state index in [1.165, 1.54) is 0 Å². The molecule has 0 bridgehead atoms. The van der Waals surface area contributed by atoms with Gasteiger partial charge < -0.3 is 9.47 Å². The van der Waals surface area contributed by atoms with E-state index < -0.39 is 0 Å². The Morgan fingerprint density at radius 2 is 2.50 bits per heavy atom. The zero-order valence-corrected chi connectivity index (χ0v) is 9.04. The molecule has 1 rings (SSSR count). The fraction of sp³-hybridized carbons (Fsp3) is 0.875. The fourth-order valence-corrected chi connectivity index (χ4v) is 1.85. The molecule has 0 aromatic rings. The predicted molar refractivity (Wildman–Crippen MR) is 55.9 cm³/mol. The van der Waals surface area contributed by atoms with Crippen molar-refractivity contribution in [2.45, 2.75) is 26.1 Å². The summed E-state index contributed by atoms with van der Waals surface area (Å²) in [5.41, 5.74) is 0. The van der Waals surface area contributed by atoms with Gasteiger partial charge >= 0.3 is 0 Å². The van der Waals surface area contributed by atoms with Crippen LogP contribution in [-0.2, 0) is 9.47 Å². The van der Waals surface area contributed by atoms with E-state index >= 15 is 0 Å². The van der Waals surface area contributed by atoms with E-state index in [2.05, 4.69) is 0 Å². The summed E-state index contributed by atoms with van der Waals surface area (Å²) in [4.78, 5) is 0. The van der Waals surface area contributed by atoms with Crippen LogP contribution in [0.3, 0.4) is 0 Å². The highest BCUT2D eigenvalue weighted by Gasteiger charge is 2.17. The van der Waals surface area contributed by atoms with E-state index in [0.717, 1.165) is 9.95 Å². The molecule has 1 heterocycles. The highest BCUT2D eigenvalue weighted by atomic mass is 32.2. The van der Waals surface area contributed by atoms with Crippen LogP contribution in [0.1, 0.15) is 13.8 Å². The van der Waals surface area contributed by atoms with Gasteiger partial charge in [0, 0.05) is 5.75 Å². The lowest BCUT2D eigenvalue weighted by Gasteiger charge is -2.23. The van der Waals surface area contributed by atoms with Crippen LogP contribution in [0, 0.1) is 0 Å². The van der Waals surface area contributed by atoms with E-state index in [4.69, 9.17) is 21.7 Å². The Balaban J connectivity index is 2.13. The van der Waals surface area contributed by atoms with E-state index in [-0.39, 0.29) is 12.2 Å². The third-order valence-corrected chi connectivity index (χ3v) is 2.93. The van der Waals surface area contributed by atoms with Crippen LogP contribution in [0.15, 0.2) is 0 Å². The molecule has 1 saturated heterocycles. The van der Waals surface area contributed by atoms with Gasteiger partial charge in [-0.05, 0) is 13.8 Å². The van der Waals surface area contributed by atoms with Crippen LogP contribution >= 0.6 is 24.0 Å². The molecule has 0 radical (unpaired) electrons. The molecule has 1 fully saturated rings. The van der Waals surface area contributed by atoms with Gasteiger partial charge in [0.15, 0.2) is 0 Å². The molecule has 2 nitrogen and oxygen atoms in total. The normalized spacial score (nSPS) is 24.9. The summed E-state index contributed by atoms with van der Waals surface area (Å²) >= 11 is 6.70. The monoisotopic (exact) mass is 206 g/mol. The Morgan fingerprint density at radius 3 is 3.00 bits per heavy atom. The second-order valence-electron chi connectivity index (χ2n) is 3.00. The van der Waals surface area contributed by atoms with Crippen molar-refractivity contribution in [3.8, 4) is 0 Å². The van der Waals surface area contributed by atoms with Crippen molar-refractivity contribution in [1.82, 2.24) is 0 Å². The van der Waals surface area contributed by atoms with Crippen molar-refractivity contribution in [2.75, 3.05) is 19.0 Å². The van der Waals surface area contributed by atoms with E-state index in [0.29, 0.717) is 13.2 Å². The quantitative estimate of drug-likeness (QED) is 0.656. The highest BCUT2D eigenvalue weighted by Crippen LogP contribution is 2.16. The lowest BCUT2D eigenvalue weighted by Crippen LogP contribution is -2.30. The Hall–Kier alpha value is 0.360. The van der Waals surface area contributed by atoms with Crippen LogP contribution in [0.2, 0.25) is 0 Å². The van der Waals surface area contributed by atoms with Gasteiger partial charge in [0.2, 0.25) is 0 Å². The molecule has 4 heteroatoms. The third kappa shape index (κ3) is 3.85. The number of hydrogen-bond acceptors (Lipinski definition) is 4. The Bertz CT molecular complexity index is 149.